The van der Waals surface area contributed by atoms with Crippen molar-refractivity contribution in [1.82, 2.24) is 9.97 Å². The zero-order valence-corrected chi connectivity index (χ0v) is 10.7. The molecule has 2 N–H and O–H groups in total. The molecule has 0 aliphatic carbocycles. The number of hydrogen-bond acceptors (Lipinski definition) is 3. The predicted molar refractivity (Wildman–Crippen MR) is 74.4 cm³/mol. The third-order valence-electron chi connectivity index (χ3n) is 3.17. The summed E-state index contributed by atoms with van der Waals surface area (Å²) < 4.78 is 38.3. The minimum Gasteiger partial charge on any atom is -0.396 e. The number of nitrogens with two attached hydrogens (primary N) is 1. The van der Waals surface area contributed by atoms with Gasteiger partial charge in [-0.25, -0.2) is 0 Å². The van der Waals surface area contributed by atoms with E-state index in [0.29, 0.717) is 27.8 Å². The molecule has 1 aromatic carbocycles. The highest BCUT2D eigenvalue weighted by atomic mass is 19.4. The number of aromatic nitrogens is 2. The summed E-state index contributed by atoms with van der Waals surface area (Å²) in [7, 11) is 0. The smallest absolute Gasteiger partial charge is 0.396 e. The van der Waals surface area contributed by atoms with Crippen LogP contribution in [0.25, 0.3) is 22.2 Å². The quantitative estimate of drug-likeness (QED) is 0.739. The third kappa shape index (κ3) is 2.40. The second-order valence-electron chi connectivity index (χ2n) is 4.54. The summed E-state index contributed by atoms with van der Waals surface area (Å²) in [5, 5.41) is 0. The molecule has 3 aromatic rings. The third-order valence-corrected chi connectivity index (χ3v) is 3.17. The summed E-state index contributed by atoms with van der Waals surface area (Å²) in [5.74, 6) is 0. The molecule has 2 aromatic heterocycles. The van der Waals surface area contributed by atoms with Crippen molar-refractivity contribution in [2.75, 3.05) is 5.73 Å². The van der Waals surface area contributed by atoms with Gasteiger partial charge in [0.1, 0.15) is 5.52 Å². The monoisotopic (exact) mass is 289 g/mol. The van der Waals surface area contributed by atoms with Crippen LogP contribution in [-0.2, 0) is 6.18 Å². The molecule has 0 fully saturated rings. The molecule has 0 saturated carbocycles. The number of nitrogens with zero attached hydrogens (tertiary/aromatic N) is 2. The second-order valence-corrected chi connectivity index (χ2v) is 4.54. The maximum atomic E-state index is 12.8. The predicted octanol–water partition coefficient (Wildman–Crippen LogP) is 3.90. The highest BCUT2D eigenvalue weighted by Gasteiger charge is 2.30. The van der Waals surface area contributed by atoms with Crippen LogP contribution < -0.4 is 5.73 Å². The van der Waals surface area contributed by atoms with E-state index in [2.05, 4.69) is 9.97 Å². The van der Waals surface area contributed by atoms with Crippen molar-refractivity contribution in [2.24, 2.45) is 0 Å². The maximum absolute atomic E-state index is 12.8. The molecular formula is C15H10F3N3. The van der Waals surface area contributed by atoms with Gasteiger partial charge < -0.3 is 5.73 Å². The van der Waals surface area contributed by atoms with E-state index in [0.717, 1.165) is 12.1 Å². The van der Waals surface area contributed by atoms with Crippen molar-refractivity contribution in [3.8, 4) is 11.1 Å². The highest BCUT2D eigenvalue weighted by molar-refractivity contribution is 5.95. The number of pyridine rings is 2. The van der Waals surface area contributed by atoms with Gasteiger partial charge in [0.25, 0.3) is 0 Å². The lowest BCUT2D eigenvalue weighted by Crippen LogP contribution is -2.05. The second kappa shape index (κ2) is 4.73. The minimum atomic E-state index is -4.40. The SMILES string of the molecule is Nc1c(-c2cccc(C(F)(F)F)c2)cnc2cccnc12. The van der Waals surface area contributed by atoms with Crippen LogP contribution >= 0.6 is 0 Å². The van der Waals surface area contributed by atoms with Crippen molar-refractivity contribution in [3.05, 3.63) is 54.4 Å². The molecular weight excluding hydrogens is 279 g/mol. The van der Waals surface area contributed by atoms with Crippen LogP contribution in [-0.4, -0.2) is 9.97 Å². The summed E-state index contributed by atoms with van der Waals surface area (Å²) in [6, 6.07) is 8.46. The van der Waals surface area contributed by atoms with Gasteiger partial charge >= 0.3 is 6.18 Å². The van der Waals surface area contributed by atoms with Gasteiger partial charge in [0.15, 0.2) is 0 Å². The molecule has 0 aliphatic heterocycles. The van der Waals surface area contributed by atoms with Crippen molar-refractivity contribution in [3.63, 3.8) is 0 Å². The zero-order chi connectivity index (χ0) is 15.0. The Bertz CT molecular complexity index is 813. The lowest BCUT2D eigenvalue weighted by atomic mass is 10.0. The Hall–Kier alpha value is -2.63. The molecule has 3 nitrogen and oxygen atoms in total. The molecule has 0 spiro atoms. The minimum absolute atomic E-state index is 0.319. The Balaban J connectivity index is 2.19. The van der Waals surface area contributed by atoms with E-state index in [1.54, 1.807) is 24.4 Å². The number of alkyl halides is 3. The summed E-state index contributed by atoms with van der Waals surface area (Å²) >= 11 is 0. The molecule has 0 unspecified atom stereocenters. The van der Waals surface area contributed by atoms with Crippen molar-refractivity contribution < 1.29 is 13.2 Å². The first-order valence-electron chi connectivity index (χ1n) is 6.13. The molecule has 2 heterocycles. The van der Waals surface area contributed by atoms with E-state index in [9.17, 15) is 13.2 Å². The van der Waals surface area contributed by atoms with E-state index >= 15 is 0 Å². The van der Waals surface area contributed by atoms with Crippen molar-refractivity contribution in [2.45, 2.75) is 6.18 Å². The van der Waals surface area contributed by atoms with Gasteiger partial charge in [-0.05, 0) is 29.8 Å². The number of anilines is 1. The fourth-order valence-corrected chi connectivity index (χ4v) is 2.13. The molecule has 3 rings (SSSR count). The Morgan fingerprint density at radius 3 is 2.57 bits per heavy atom. The number of halogens is 3. The van der Waals surface area contributed by atoms with Crippen LogP contribution in [0.2, 0.25) is 0 Å². The number of hydrogen-bond donors (Lipinski definition) is 1. The Labute approximate surface area is 118 Å². The van der Waals surface area contributed by atoms with Gasteiger partial charge in [-0.2, -0.15) is 13.2 Å². The molecule has 6 heteroatoms. The summed E-state index contributed by atoms with van der Waals surface area (Å²) in [6.07, 6.45) is -1.36. The summed E-state index contributed by atoms with van der Waals surface area (Å²) in [4.78, 5) is 8.31. The molecule has 0 atom stereocenters. The first-order chi connectivity index (χ1) is 9.97. The number of nitrogen functional groups attached to an aromatic ring is 1. The van der Waals surface area contributed by atoms with Gasteiger partial charge in [-0.15, -0.1) is 0 Å². The van der Waals surface area contributed by atoms with Crippen molar-refractivity contribution >= 4 is 16.7 Å². The standard InChI is InChI=1S/C15H10F3N3/c16-15(17,18)10-4-1-3-9(7-10)11-8-21-12-5-2-6-20-14(12)13(11)19/h1-8H,(H2,19,21). The topological polar surface area (TPSA) is 51.8 Å². The summed E-state index contributed by atoms with van der Waals surface area (Å²) in [6.45, 7) is 0. The first kappa shape index (κ1) is 13.4. The molecule has 0 aliphatic rings. The Morgan fingerprint density at radius 1 is 1.00 bits per heavy atom. The summed E-state index contributed by atoms with van der Waals surface area (Å²) in [5.41, 5.74) is 7.51. The Morgan fingerprint density at radius 2 is 1.81 bits per heavy atom. The van der Waals surface area contributed by atoms with Crippen LogP contribution in [0.1, 0.15) is 5.56 Å². The average Bonchev–Trinajstić information content (AvgIpc) is 2.47. The fourth-order valence-electron chi connectivity index (χ4n) is 2.13. The molecule has 0 bridgehead atoms. The lowest BCUT2D eigenvalue weighted by molar-refractivity contribution is -0.137. The number of fused-ring (bicyclic) bond motifs is 1. The van der Waals surface area contributed by atoms with Gasteiger partial charge in [-0.1, -0.05) is 12.1 Å². The van der Waals surface area contributed by atoms with Gasteiger partial charge in [-0.3, -0.25) is 9.97 Å². The Kier molecular flexibility index (Phi) is 3.01. The van der Waals surface area contributed by atoms with Gasteiger partial charge in [0, 0.05) is 18.0 Å². The van der Waals surface area contributed by atoms with Crippen LogP contribution in [0, 0.1) is 0 Å². The van der Waals surface area contributed by atoms with Gasteiger partial charge in [0.2, 0.25) is 0 Å². The van der Waals surface area contributed by atoms with E-state index < -0.39 is 11.7 Å². The average molecular weight is 289 g/mol. The van der Waals surface area contributed by atoms with E-state index in [-0.39, 0.29) is 0 Å². The van der Waals surface area contributed by atoms with E-state index in [1.165, 1.54) is 12.3 Å². The molecule has 0 radical (unpaired) electrons. The van der Waals surface area contributed by atoms with Crippen LogP contribution in [0.5, 0.6) is 0 Å². The maximum Gasteiger partial charge on any atom is 0.416 e. The first-order valence-corrected chi connectivity index (χ1v) is 6.13. The van der Waals surface area contributed by atoms with E-state index in [1.807, 2.05) is 0 Å². The fraction of sp³-hybridized carbons (Fsp3) is 0.0667. The zero-order valence-electron chi connectivity index (χ0n) is 10.7. The largest absolute Gasteiger partial charge is 0.416 e. The van der Waals surface area contributed by atoms with Crippen molar-refractivity contribution in [1.29, 1.82) is 0 Å². The lowest BCUT2D eigenvalue weighted by Gasteiger charge is -2.11. The van der Waals surface area contributed by atoms with Crippen LogP contribution in [0.3, 0.4) is 0 Å². The number of benzene rings is 1. The highest BCUT2D eigenvalue weighted by Crippen LogP contribution is 2.35. The molecule has 21 heavy (non-hydrogen) atoms. The number of rotatable bonds is 1. The molecule has 0 saturated heterocycles. The van der Waals surface area contributed by atoms with Gasteiger partial charge in [0.05, 0.1) is 16.8 Å². The van der Waals surface area contributed by atoms with Crippen LogP contribution in [0.15, 0.2) is 48.8 Å². The molecule has 106 valence electrons. The molecule has 0 amide bonds. The van der Waals surface area contributed by atoms with Crippen LogP contribution in [0.4, 0.5) is 18.9 Å². The normalized spacial score (nSPS) is 11.8. The van der Waals surface area contributed by atoms with E-state index in [4.69, 9.17) is 5.73 Å².